The van der Waals surface area contributed by atoms with Crippen LogP contribution in [0, 0.1) is 5.92 Å². The van der Waals surface area contributed by atoms with E-state index in [-0.39, 0.29) is 11.4 Å². The van der Waals surface area contributed by atoms with Crippen molar-refractivity contribution in [3.63, 3.8) is 0 Å². The fourth-order valence-electron chi connectivity index (χ4n) is 2.97. The Morgan fingerprint density at radius 2 is 2.06 bits per heavy atom. The van der Waals surface area contributed by atoms with Crippen molar-refractivity contribution in [1.82, 2.24) is 10.6 Å². The van der Waals surface area contributed by atoms with E-state index in [1.165, 1.54) is 0 Å². The Hall–Kier alpha value is -0.610. The number of piperidine rings is 1. The van der Waals surface area contributed by atoms with Gasteiger partial charge in [0.2, 0.25) is 5.91 Å². The summed E-state index contributed by atoms with van der Waals surface area (Å²) in [6.45, 7) is 6.99. The molecule has 1 saturated carbocycles. The molecular formula is C14H26N2O2. The molecule has 0 spiro atoms. The molecule has 1 saturated heterocycles. The maximum Gasteiger partial charge on any atom is 0.220 e. The lowest BCUT2D eigenvalue weighted by molar-refractivity contribution is -0.126. The molecule has 104 valence electrons. The van der Waals surface area contributed by atoms with Gasteiger partial charge in [-0.25, -0.2) is 0 Å². The fraction of sp³-hybridized carbons (Fsp3) is 0.929. The molecule has 0 aromatic carbocycles. The predicted octanol–water partition coefficient (Wildman–Crippen LogP) is 1.45. The lowest BCUT2D eigenvalue weighted by Crippen LogP contribution is -2.53. The Morgan fingerprint density at radius 3 is 2.67 bits per heavy atom. The van der Waals surface area contributed by atoms with Gasteiger partial charge < -0.3 is 15.4 Å². The van der Waals surface area contributed by atoms with E-state index in [1.54, 1.807) is 0 Å². The van der Waals surface area contributed by atoms with E-state index < -0.39 is 0 Å². The predicted molar refractivity (Wildman–Crippen MR) is 71.4 cm³/mol. The summed E-state index contributed by atoms with van der Waals surface area (Å²) in [6.07, 6.45) is 5.25. The molecule has 1 amide bonds. The lowest BCUT2D eigenvalue weighted by atomic mass is 9.79. The molecule has 4 nitrogen and oxygen atoms in total. The molecule has 0 bridgehead atoms. The van der Waals surface area contributed by atoms with Crippen molar-refractivity contribution in [2.75, 3.05) is 19.7 Å². The number of hydrogen-bond acceptors (Lipinski definition) is 3. The van der Waals surface area contributed by atoms with Crippen molar-refractivity contribution in [3.8, 4) is 0 Å². The van der Waals surface area contributed by atoms with Crippen molar-refractivity contribution in [3.05, 3.63) is 0 Å². The van der Waals surface area contributed by atoms with Gasteiger partial charge in [0, 0.05) is 18.6 Å². The summed E-state index contributed by atoms with van der Waals surface area (Å²) in [6, 6.07) is 0. The Kier molecular flexibility index (Phi) is 4.62. The highest BCUT2D eigenvalue weighted by Crippen LogP contribution is 2.32. The van der Waals surface area contributed by atoms with Crippen LogP contribution in [0.3, 0.4) is 0 Å². The van der Waals surface area contributed by atoms with E-state index in [0.717, 1.165) is 45.4 Å². The van der Waals surface area contributed by atoms with Gasteiger partial charge in [0.15, 0.2) is 0 Å². The Balaban J connectivity index is 1.66. The molecule has 18 heavy (non-hydrogen) atoms. The van der Waals surface area contributed by atoms with Crippen LogP contribution in [-0.2, 0) is 9.53 Å². The first-order valence-corrected chi connectivity index (χ1v) is 7.24. The van der Waals surface area contributed by atoms with Gasteiger partial charge in [-0.3, -0.25) is 4.79 Å². The molecule has 0 unspecified atom stereocenters. The SMILES string of the molecule is CCOC1CC(CC(=O)NC2(C)CCNCC2)C1. The third-order valence-corrected chi connectivity index (χ3v) is 4.22. The molecule has 0 aromatic rings. The molecule has 2 N–H and O–H groups in total. The molecule has 2 aliphatic rings. The highest BCUT2D eigenvalue weighted by atomic mass is 16.5. The molecular weight excluding hydrogens is 228 g/mol. The normalized spacial score (nSPS) is 30.6. The quantitative estimate of drug-likeness (QED) is 0.781. The van der Waals surface area contributed by atoms with Gasteiger partial charge >= 0.3 is 0 Å². The lowest BCUT2D eigenvalue weighted by Gasteiger charge is -2.38. The molecule has 1 aliphatic heterocycles. The second kappa shape index (κ2) is 6.02. The molecule has 0 aromatic heterocycles. The summed E-state index contributed by atoms with van der Waals surface area (Å²) in [7, 11) is 0. The fourth-order valence-corrected chi connectivity index (χ4v) is 2.97. The van der Waals surface area contributed by atoms with Crippen molar-refractivity contribution < 1.29 is 9.53 Å². The van der Waals surface area contributed by atoms with Gasteiger partial charge in [0.25, 0.3) is 0 Å². The molecule has 0 atom stereocenters. The zero-order chi connectivity index (χ0) is 13.0. The van der Waals surface area contributed by atoms with Gasteiger partial charge in [0.05, 0.1) is 6.10 Å². The van der Waals surface area contributed by atoms with E-state index in [0.29, 0.717) is 18.4 Å². The average molecular weight is 254 g/mol. The summed E-state index contributed by atoms with van der Waals surface area (Å²) in [5.74, 6) is 0.756. The van der Waals surface area contributed by atoms with Crippen LogP contribution in [0.5, 0.6) is 0 Å². The van der Waals surface area contributed by atoms with Crippen molar-refractivity contribution >= 4 is 5.91 Å². The van der Waals surface area contributed by atoms with Crippen LogP contribution in [0.2, 0.25) is 0 Å². The topological polar surface area (TPSA) is 50.4 Å². The van der Waals surface area contributed by atoms with Crippen molar-refractivity contribution in [2.45, 2.75) is 57.6 Å². The van der Waals surface area contributed by atoms with Crippen LogP contribution in [0.15, 0.2) is 0 Å². The maximum absolute atomic E-state index is 12.0. The number of amides is 1. The minimum Gasteiger partial charge on any atom is -0.378 e. The van der Waals surface area contributed by atoms with Crippen LogP contribution in [0.1, 0.15) is 46.0 Å². The van der Waals surface area contributed by atoms with E-state index in [2.05, 4.69) is 17.6 Å². The molecule has 2 fully saturated rings. The number of ether oxygens (including phenoxy) is 1. The van der Waals surface area contributed by atoms with Crippen LogP contribution in [0.4, 0.5) is 0 Å². The van der Waals surface area contributed by atoms with Gasteiger partial charge in [-0.05, 0) is 58.5 Å². The second-order valence-corrected chi connectivity index (χ2v) is 5.98. The van der Waals surface area contributed by atoms with Gasteiger partial charge in [-0.2, -0.15) is 0 Å². The van der Waals surface area contributed by atoms with Crippen LogP contribution in [0.25, 0.3) is 0 Å². The standard InChI is InChI=1S/C14H26N2O2/c1-3-18-12-8-11(9-12)10-13(17)16-14(2)4-6-15-7-5-14/h11-12,15H,3-10H2,1-2H3,(H,16,17). The number of hydrogen-bond donors (Lipinski definition) is 2. The third-order valence-electron chi connectivity index (χ3n) is 4.22. The monoisotopic (exact) mass is 254 g/mol. The minimum absolute atomic E-state index is 0.00536. The first-order valence-electron chi connectivity index (χ1n) is 7.24. The van der Waals surface area contributed by atoms with Crippen LogP contribution < -0.4 is 10.6 Å². The number of nitrogens with one attached hydrogen (secondary N) is 2. The number of carbonyl (C=O) groups is 1. The van der Waals surface area contributed by atoms with E-state index in [1.807, 2.05) is 6.92 Å². The first kappa shape index (κ1) is 13.8. The highest BCUT2D eigenvalue weighted by Gasteiger charge is 2.33. The smallest absolute Gasteiger partial charge is 0.220 e. The van der Waals surface area contributed by atoms with E-state index in [4.69, 9.17) is 4.74 Å². The first-order chi connectivity index (χ1) is 8.61. The van der Waals surface area contributed by atoms with Crippen molar-refractivity contribution in [1.29, 1.82) is 0 Å². The molecule has 0 radical (unpaired) electrons. The summed E-state index contributed by atoms with van der Waals surface area (Å²) in [5, 5.41) is 6.55. The summed E-state index contributed by atoms with van der Waals surface area (Å²) < 4.78 is 5.52. The zero-order valence-corrected chi connectivity index (χ0v) is 11.6. The average Bonchev–Trinajstić information content (AvgIpc) is 2.26. The highest BCUT2D eigenvalue weighted by molar-refractivity contribution is 5.77. The van der Waals surface area contributed by atoms with Crippen LogP contribution in [-0.4, -0.2) is 37.2 Å². The Bertz CT molecular complexity index is 282. The van der Waals surface area contributed by atoms with E-state index >= 15 is 0 Å². The second-order valence-electron chi connectivity index (χ2n) is 5.98. The minimum atomic E-state index is 0.00536. The summed E-state index contributed by atoms with van der Waals surface area (Å²) >= 11 is 0. The van der Waals surface area contributed by atoms with Crippen LogP contribution >= 0.6 is 0 Å². The molecule has 4 heteroatoms. The molecule has 2 rings (SSSR count). The zero-order valence-electron chi connectivity index (χ0n) is 11.6. The summed E-state index contributed by atoms with van der Waals surface area (Å²) in [4.78, 5) is 12.0. The number of carbonyl (C=O) groups excluding carboxylic acids is 1. The Morgan fingerprint density at radius 1 is 1.39 bits per heavy atom. The van der Waals surface area contributed by atoms with Crippen molar-refractivity contribution in [2.24, 2.45) is 5.92 Å². The third kappa shape index (κ3) is 3.69. The van der Waals surface area contributed by atoms with E-state index in [9.17, 15) is 4.79 Å². The maximum atomic E-state index is 12.0. The molecule has 1 heterocycles. The molecule has 1 aliphatic carbocycles. The number of rotatable bonds is 5. The van der Waals surface area contributed by atoms with Gasteiger partial charge in [-0.15, -0.1) is 0 Å². The Labute approximate surface area is 110 Å². The largest absolute Gasteiger partial charge is 0.378 e. The van der Waals surface area contributed by atoms with Gasteiger partial charge in [0.1, 0.15) is 0 Å². The van der Waals surface area contributed by atoms with Gasteiger partial charge in [-0.1, -0.05) is 0 Å². The summed E-state index contributed by atoms with van der Waals surface area (Å²) in [5.41, 5.74) is 0.00536.